The van der Waals surface area contributed by atoms with Crippen LogP contribution in [-0.4, -0.2) is 53.9 Å². The molecule has 1 aliphatic rings. The minimum Gasteiger partial charge on any atom is -0.497 e. The number of anilines is 1. The van der Waals surface area contributed by atoms with Crippen molar-refractivity contribution in [1.29, 1.82) is 0 Å². The number of hydrogen-bond donors (Lipinski definition) is 0. The molecular weight excluding hydrogens is 324 g/mol. The average molecular weight is 348 g/mol. The van der Waals surface area contributed by atoms with Crippen molar-refractivity contribution in [2.45, 2.75) is 25.0 Å². The van der Waals surface area contributed by atoms with Crippen LogP contribution in [0.4, 0.5) is 5.95 Å². The van der Waals surface area contributed by atoms with Crippen molar-refractivity contribution in [3.8, 4) is 5.75 Å². The van der Waals surface area contributed by atoms with Crippen LogP contribution < -0.4 is 9.64 Å². The van der Waals surface area contributed by atoms with Gasteiger partial charge in [0.05, 0.1) is 20.3 Å². The molecule has 7 heteroatoms. The van der Waals surface area contributed by atoms with Gasteiger partial charge in [-0.1, -0.05) is 23.9 Å². The highest BCUT2D eigenvalue weighted by molar-refractivity contribution is 7.99. The van der Waals surface area contributed by atoms with Gasteiger partial charge in [0.1, 0.15) is 5.75 Å². The fraction of sp³-hybridized carbons (Fsp3) is 0.529. The van der Waals surface area contributed by atoms with Crippen molar-refractivity contribution < 1.29 is 9.47 Å². The first-order chi connectivity index (χ1) is 11.8. The van der Waals surface area contributed by atoms with Gasteiger partial charge in [-0.15, -0.1) is 10.2 Å². The van der Waals surface area contributed by atoms with Crippen molar-refractivity contribution in [1.82, 2.24) is 14.8 Å². The van der Waals surface area contributed by atoms with E-state index in [0.717, 1.165) is 61.9 Å². The number of thioether (sulfide) groups is 1. The summed E-state index contributed by atoms with van der Waals surface area (Å²) in [7, 11) is 1.69. The Labute approximate surface area is 147 Å². The van der Waals surface area contributed by atoms with Crippen molar-refractivity contribution in [2.24, 2.45) is 0 Å². The molecule has 2 aromatic rings. The minimum absolute atomic E-state index is 0.760. The third-order valence-electron chi connectivity index (χ3n) is 4.09. The Morgan fingerprint density at radius 1 is 1.17 bits per heavy atom. The van der Waals surface area contributed by atoms with Crippen LogP contribution in [0, 0.1) is 0 Å². The summed E-state index contributed by atoms with van der Waals surface area (Å²) in [5.41, 5.74) is 1.30. The number of morpholine rings is 1. The summed E-state index contributed by atoms with van der Waals surface area (Å²) >= 11 is 1.76. The third kappa shape index (κ3) is 4.02. The fourth-order valence-corrected chi connectivity index (χ4v) is 3.70. The molecule has 0 spiro atoms. The normalized spacial score (nSPS) is 14.8. The molecule has 0 bridgehead atoms. The van der Waals surface area contributed by atoms with Gasteiger partial charge in [0.15, 0.2) is 5.16 Å². The molecule has 1 aromatic heterocycles. The number of methoxy groups -OCH3 is 1. The van der Waals surface area contributed by atoms with Gasteiger partial charge in [-0.3, -0.25) is 4.57 Å². The lowest BCUT2D eigenvalue weighted by molar-refractivity contribution is 0.121. The van der Waals surface area contributed by atoms with Gasteiger partial charge in [-0.25, -0.2) is 0 Å². The van der Waals surface area contributed by atoms with E-state index in [2.05, 4.69) is 38.7 Å². The highest BCUT2D eigenvalue weighted by Gasteiger charge is 2.19. The van der Waals surface area contributed by atoms with Gasteiger partial charge in [0.2, 0.25) is 5.95 Å². The van der Waals surface area contributed by atoms with Crippen LogP contribution in [0.3, 0.4) is 0 Å². The summed E-state index contributed by atoms with van der Waals surface area (Å²) in [6, 6.07) is 8.24. The van der Waals surface area contributed by atoms with E-state index in [1.54, 1.807) is 18.9 Å². The molecule has 0 unspecified atom stereocenters. The monoisotopic (exact) mass is 348 g/mol. The zero-order valence-corrected chi connectivity index (χ0v) is 15.1. The molecule has 24 heavy (non-hydrogen) atoms. The average Bonchev–Trinajstić information content (AvgIpc) is 3.06. The smallest absolute Gasteiger partial charge is 0.228 e. The number of aryl methyl sites for hydroxylation is 1. The van der Waals surface area contributed by atoms with Crippen LogP contribution in [-0.2, 0) is 17.7 Å². The molecule has 1 saturated heterocycles. The van der Waals surface area contributed by atoms with E-state index in [9.17, 15) is 0 Å². The lowest BCUT2D eigenvalue weighted by atomic mass is 10.2. The molecule has 1 aliphatic heterocycles. The largest absolute Gasteiger partial charge is 0.497 e. The molecule has 0 saturated carbocycles. The van der Waals surface area contributed by atoms with Gasteiger partial charge in [-0.2, -0.15) is 0 Å². The maximum absolute atomic E-state index is 5.42. The molecule has 0 aliphatic carbocycles. The zero-order chi connectivity index (χ0) is 16.8. The van der Waals surface area contributed by atoms with Crippen LogP contribution in [0.1, 0.15) is 12.5 Å². The molecule has 130 valence electrons. The topological polar surface area (TPSA) is 52.4 Å². The molecule has 2 heterocycles. The summed E-state index contributed by atoms with van der Waals surface area (Å²) in [5, 5.41) is 9.79. The third-order valence-corrected chi connectivity index (χ3v) is 5.06. The molecule has 3 rings (SSSR count). The Hall–Kier alpha value is -1.73. The van der Waals surface area contributed by atoms with Gasteiger partial charge < -0.3 is 14.4 Å². The first kappa shape index (κ1) is 17.1. The van der Waals surface area contributed by atoms with Crippen LogP contribution >= 0.6 is 11.8 Å². The molecule has 1 aromatic carbocycles. The number of nitrogens with zero attached hydrogens (tertiary/aromatic N) is 4. The summed E-state index contributed by atoms with van der Waals surface area (Å²) < 4.78 is 12.8. The lowest BCUT2D eigenvalue weighted by Crippen LogP contribution is -2.38. The molecule has 0 radical (unpaired) electrons. The van der Waals surface area contributed by atoms with Crippen molar-refractivity contribution in [2.75, 3.05) is 44.1 Å². The highest BCUT2D eigenvalue weighted by Crippen LogP contribution is 2.23. The maximum Gasteiger partial charge on any atom is 0.228 e. The number of ether oxygens (including phenoxy) is 2. The van der Waals surface area contributed by atoms with E-state index in [1.165, 1.54) is 5.56 Å². The van der Waals surface area contributed by atoms with E-state index < -0.39 is 0 Å². The summed E-state index contributed by atoms with van der Waals surface area (Å²) in [5.74, 6) is 2.84. The minimum atomic E-state index is 0.760. The van der Waals surface area contributed by atoms with Crippen LogP contribution in [0.5, 0.6) is 5.75 Å². The molecule has 6 nitrogen and oxygen atoms in total. The second kappa shape index (κ2) is 8.39. The predicted octanol–water partition coefficient (Wildman–Crippen LogP) is 2.48. The fourth-order valence-electron chi connectivity index (χ4n) is 2.71. The van der Waals surface area contributed by atoms with Crippen LogP contribution in [0.25, 0.3) is 0 Å². The predicted molar refractivity (Wildman–Crippen MR) is 96.2 cm³/mol. The van der Waals surface area contributed by atoms with Crippen molar-refractivity contribution in [3.63, 3.8) is 0 Å². The molecule has 0 N–H and O–H groups in total. The van der Waals surface area contributed by atoms with Gasteiger partial charge in [0.25, 0.3) is 0 Å². The Balaban J connectivity index is 1.59. The Bertz CT molecular complexity index is 639. The van der Waals surface area contributed by atoms with Crippen molar-refractivity contribution >= 4 is 17.7 Å². The zero-order valence-electron chi connectivity index (χ0n) is 14.3. The quantitative estimate of drug-likeness (QED) is 0.717. The van der Waals surface area contributed by atoms with Gasteiger partial charge in [0, 0.05) is 25.4 Å². The van der Waals surface area contributed by atoms with E-state index in [1.807, 2.05) is 12.1 Å². The summed E-state index contributed by atoms with van der Waals surface area (Å²) in [6.45, 7) is 6.31. The SMILES string of the molecule is CCn1c(SCCc2ccc(OC)cc2)nnc1N1CCOCC1. The standard InChI is InChI=1S/C17H24N4O2S/c1-3-21-16(20-9-11-23-12-10-20)18-19-17(21)24-13-8-14-4-6-15(22-2)7-5-14/h4-7H,3,8-13H2,1-2H3. The number of rotatable bonds is 7. The summed E-state index contributed by atoms with van der Waals surface area (Å²) in [6.07, 6.45) is 0.998. The highest BCUT2D eigenvalue weighted by atomic mass is 32.2. The van der Waals surface area contributed by atoms with Crippen LogP contribution in [0.2, 0.25) is 0 Å². The second-order valence-corrected chi connectivity index (χ2v) is 6.63. The lowest BCUT2D eigenvalue weighted by Gasteiger charge is -2.27. The van der Waals surface area contributed by atoms with E-state index >= 15 is 0 Å². The number of hydrogen-bond acceptors (Lipinski definition) is 6. The Morgan fingerprint density at radius 2 is 1.92 bits per heavy atom. The Morgan fingerprint density at radius 3 is 2.58 bits per heavy atom. The Kier molecular flexibility index (Phi) is 5.98. The number of benzene rings is 1. The van der Waals surface area contributed by atoms with Gasteiger partial charge >= 0.3 is 0 Å². The van der Waals surface area contributed by atoms with Gasteiger partial charge in [-0.05, 0) is 31.0 Å². The van der Waals surface area contributed by atoms with Crippen molar-refractivity contribution in [3.05, 3.63) is 29.8 Å². The summed E-state index contributed by atoms with van der Waals surface area (Å²) in [4.78, 5) is 2.26. The van der Waals surface area contributed by atoms with E-state index in [4.69, 9.17) is 9.47 Å². The molecule has 1 fully saturated rings. The van der Waals surface area contributed by atoms with Crippen LogP contribution in [0.15, 0.2) is 29.4 Å². The molecule has 0 atom stereocenters. The number of aromatic nitrogens is 3. The first-order valence-corrected chi connectivity index (χ1v) is 9.32. The second-order valence-electron chi connectivity index (χ2n) is 5.57. The first-order valence-electron chi connectivity index (χ1n) is 8.33. The molecule has 0 amide bonds. The maximum atomic E-state index is 5.42. The molecular formula is C17H24N4O2S. The van der Waals surface area contributed by atoms with E-state index in [0.29, 0.717) is 0 Å². The van der Waals surface area contributed by atoms with E-state index in [-0.39, 0.29) is 0 Å².